The van der Waals surface area contributed by atoms with Gasteiger partial charge in [-0.05, 0) is 12.0 Å². The maximum absolute atomic E-state index is 8.16. The van der Waals surface area contributed by atoms with Gasteiger partial charge >= 0.3 is 0 Å². The lowest BCUT2D eigenvalue weighted by atomic mass is 10.2. The Hall–Kier alpha value is -1.20. The molecule has 48 valence electrons. The molecule has 0 aliphatic carbocycles. The number of azide groups is 1. The number of nitrogens with zero attached hydrogens (tertiary/aromatic N) is 4. The third kappa shape index (κ3) is 3.39. The second-order valence-corrected chi connectivity index (χ2v) is 1.63. The van der Waals surface area contributed by atoms with Crippen molar-refractivity contribution in [2.24, 2.45) is 5.11 Å². The lowest BCUT2D eigenvalue weighted by Crippen LogP contribution is -1.97. The Morgan fingerprint density at radius 2 is 2.56 bits per heavy atom. The highest BCUT2D eigenvalue weighted by atomic mass is 15.1. The minimum absolute atomic E-state index is 0.139. The van der Waals surface area contributed by atoms with Crippen molar-refractivity contribution in [2.45, 2.75) is 25.8 Å². The van der Waals surface area contributed by atoms with Crippen molar-refractivity contribution in [3.8, 4) is 6.07 Å². The summed E-state index contributed by atoms with van der Waals surface area (Å²) in [4.78, 5) is 2.60. The average molecular weight is 124 g/mol. The molecule has 0 aromatic heterocycles. The van der Waals surface area contributed by atoms with E-state index in [0.717, 1.165) is 6.42 Å². The van der Waals surface area contributed by atoms with E-state index in [4.69, 9.17) is 10.8 Å². The van der Waals surface area contributed by atoms with Crippen LogP contribution in [0.3, 0.4) is 0 Å². The zero-order valence-electron chi connectivity index (χ0n) is 5.28. The Labute approximate surface area is 53.7 Å². The largest absolute Gasteiger partial charge is 0.198 e. The molecule has 0 saturated heterocycles. The maximum atomic E-state index is 8.16. The fourth-order valence-corrected chi connectivity index (χ4v) is 0.445. The summed E-state index contributed by atoms with van der Waals surface area (Å²) in [6.45, 7) is 1.89. The second-order valence-electron chi connectivity index (χ2n) is 1.63. The van der Waals surface area contributed by atoms with Gasteiger partial charge in [0, 0.05) is 11.3 Å². The molecule has 0 spiro atoms. The number of hydrogen-bond acceptors (Lipinski definition) is 2. The van der Waals surface area contributed by atoms with Crippen molar-refractivity contribution in [1.29, 1.82) is 5.26 Å². The Balaban J connectivity index is 3.71. The summed E-state index contributed by atoms with van der Waals surface area (Å²) >= 11 is 0. The zero-order valence-corrected chi connectivity index (χ0v) is 5.28. The molecule has 0 aliphatic rings. The van der Waals surface area contributed by atoms with Gasteiger partial charge in [0.15, 0.2) is 0 Å². The first-order chi connectivity index (χ1) is 4.35. The minimum Gasteiger partial charge on any atom is -0.198 e. The Kier molecular flexibility index (Phi) is 4.29. The molecule has 0 rings (SSSR count). The first-order valence-electron chi connectivity index (χ1n) is 2.76. The Bertz CT molecular complexity index is 151. The minimum atomic E-state index is -0.139. The van der Waals surface area contributed by atoms with Crippen molar-refractivity contribution in [3.63, 3.8) is 0 Å². The SMILES string of the molecule is CCC(CC#N)N=[N+]=[N-]. The van der Waals surface area contributed by atoms with Gasteiger partial charge in [0.25, 0.3) is 0 Å². The normalized spacial score (nSPS) is 11.1. The van der Waals surface area contributed by atoms with E-state index >= 15 is 0 Å². The van der Waals surface area contributed by atoms with E-state index in [-0.39, 0.29) is 6.04 Å². The smallest absolute Gasteiger partial charge is 0.0626 e. The second kappa shape index (κ2) is 4.95. The van der Waals surface area contributed by atoms with Crippen LogP contribution in [0.5, 0.6) is 0 Å². The van der Waals surface area contributed by atoms with Gasteiger partial charge in [-0.3, -0.25) is 0 Å². The number of hydrogen-bond donors (Lipinski definition) is 0. The molecule has 0 N–H and O–H groups in total. The van der Waals surface area contributed by atoms with Crippen LogP contribution < -0.4 is 0 Å². The first-order valence-corrected chi connectivity index (χ1v) is 2.76. The number of rotatable bonds is 3. The summed E-state index contributed by atoms with van der Waals surface area (Å²) in [6, 6.07) is 1.80. The van der Waals surface area contributed by atoms with Crippen LogP contribution in [-0.4, -0.2) is 6.04 Å². The zero-order chi connectivity index (χ0) is 7.11. The summed E-state index contributed by atoms with van der Waals surface area (Å²) in [5, 5.41) is 11.6. The molecule has 0 fully saturated rings. The van der Waals surface area contributed by atoms with Crippen molar-refractivity contribution >= 4 is 0 Å². The molecule has 0 bridgehead atoms. The summed E-state index contributed by atoms with van der Waals surface area (Å²) in [7, 11) is 0. The monoisotopic (exact) mass is 124 g/mol. The van der Waals surface area contributed by atoms with E-state index in [2.05, 4.69) is 10.0 Å². The van der Waals surface area contributed by atoms with Crippen molar-refractivity contribution < 1.29 is 0 Å². The molecule has 1 unspecified atom stereocenters. The maximum Gasteiger partial charge on any atom is 0.0626 e. The van der Waals surface area contributed by atoms with Crippen LogP contribution in [0.1, 0.15) is 19.8 Å². The van der Waals surface area contributed by atoms with Crippen molar-refractivity contribution in [1.82, 2.24) is 0 Å². The molecule has 0 radical (unpaired) electrons. The molecule has 1 atom stereocenters. The lowest BCUT2D eigenvalue weighted by molar-refractivity contribution is 0.660. The molecule has 0 aromatic rings. The van der Waals surface area contributed by atoms with Crippen LogP contribution in [0.2, 0.25) is 0 Å². The molecule has 4 nitrogen and oxygen atoms in total. The summed E-state index contributed by atoms with van der Waals surface area (Å²) < 4.78 is 0. The van der Waals surface area contributed by atoms with E-state index in [1.54, 1.807) is 0 Å². The predicted molar refractivity (Wildman–Crippen MR) is 33.5 cm³/mol. The molecule has 0 aliphatic heterocycles. The van der Waals surface area contributed by atoms with Crippen LogP contribution in [0, 0.1) is 11.3 Å². The highest BCUT2D eigenvalue weighted by Gasteiger charge is 1.99. The molecule has 4 heteroatoms. The van der Waals surface area contributed by atoms with E-state index in [9.17, 15) is 0 Å². The van der Waals surface area contributed by atoms with Crippen LogP contribution in [0.15, 0.2) is 5.11 Å². The van der Waals surface area contributed by atoms with Gasteiger partial charge in [-0.15, -0.1) is 0 Å². The Morgan fingerprint density at radius 3 is 2.89 bits per heavy atom. The van der Waals surface area contributed by atoms with Gasteiger partial charge in [0.1, 0.15) is 0 Å². The van der Waals surface area contributed by atoms with Gasteiger partial charge in [-0.25, -0.2) is 0 Å². The third-order valence-electron chi connectivity index (χ3n) is 1.01. The van der Waals surface area contributed by atoms with Crippen molar-refractivity contribution in [2.75, 3.05) is 0 Å². The number of nitriles is 1. The summed E-state index contributed by atoms with van der Waals surface area (Å²) in [5.74, 6) is 0. The van der Waals surface area contributed by atoms with Crippen LogP contribution in [0.25, 0.3) is 10.4 Å². The fourth-order valence-electron chi connectivity index (χ4n) is 0.445. The molecule has 0 aromatic carbocycles. The van der Waals surface area contributed by atoms with Crippen LogP contribution in [-0.2, 0) is 0 Å². The van der Waals surface area contributed by atoms with E-state index in [0.29, 0.717) is 6.42 Å². The first kappa shape index (κ1) is 7.80. The molecule has 0 amide bonds. The van der Waals surface area contributed by atoms with Crippen LogP contribution in [0.4, 0.5) is 0 Å². The average Bonchev–Trinajstić information content (AvgIpc) is 1.88. The van der Waals surface area contributed by atoms with E-state index < -0.39 is 0 Å². The summed E-state index contributed by atoms with van der Waals surface area (Å²) in [5.41, 5.74) is 7.94. The standard InChI is InChI=1S/C5H8N4/c1-2-5(3-4-6)8-9-7/h5H,2-3H2,1H3. The third-order valence-corrected chi connectivity index (χ3v) is 1.01. The highest BCUT2D eigenvalue weighted by Crippen LogP contribution is 2.00. The molecule has 9 heavy (non-hydrogen) atoms. The van der Waals surface area contributed by atoms with Gasteiger partial charge in [-0.2, -0.15) is 5.26 Å². The van der Waals surface area contributed by atoms with Crippen LogP contribution >= 0.6 is 0 Å². The van der Waals surface area contributed by atoms with Gasteiger partial charge < -0.3 is 0 Å². The van der Waals surface area contributed by atoms with Gasteiger partial charge in [0.05, 0.1) is 12.1 Å². The van der Waals surface area contributed by atoms with E-state index in [1.165, 1.54) is 0 Å². The molecule has 0 saturated carbocycles. The van der Waals surface area contributed by atoms with E-state index in [1.807, 2.05) is 13.0 Å². The topological polar surface area (TPSA) is 72.5 Å². The molecular weight excluding hydrogens is 116 g/mol. The van der Waals surface area contributed by atoms with Gasteiger partial charge in [0.2, 0.25) is 0 Å². The summed E-state index contributed by atoms with van der Waals surface area (Å²) in [6.07, 6.45) is 1.05. The quantitative estimate of drug-likeness (QED) is 0.322. The molecular formula is C5H8N4. The highest BCUT2D eigenvalue weighted by molar-refractivity contribution is 4.79. The fraction of sp³-hybridized carbons (Fsp3) is 0.800. The predicted octanol–water partition coefficient (Wildman–Crippen LogP) is 1.99. The lowest BCUT2D eigenvalue weighted by Gasteiger charge is -1.97. The van der Waals surface area contributed by atoms with Crippen molar-refractivity contribution in [3.05, 3.63) is 10.4 Å². The molecule has 0 heterocycles. The van der Waals surface area contributed by atoms with Gasteiger partial charge in [-0.1, -0.05) is 12.0 Å². The Morgan fingerprint density at radius 1 is 1.89 bits per heavy atom.